The van der Waals surface area contributed by atoms with Gasteiger partial charge in [-0.2, -0.15) is 0 Å². The number of rotatable bonds is 8. The van der Waals surface area contributed by atoms with Crippen molar-refractivity contribution in [3.8, 4) is 17.2 Å². The maximum absolute atomic E-state index is 10.3. The van der Waals surface area contributed by atoms with Gasteiger partial charge in [-0.3, -0.25) is 4.90 Å². The minimum atomic E-state index is -0.514. The Labute approximate surface area is 160 Å². The maximum atomic E-state index is 10.3. The molecule has 2 aromatic rings. The minimum absolute atomic E-state index is 0.283. The largest absolute Gasteiger partial charge is 0.497 e. The highest BCUT2D eigenvalue weighted by Gasteiger charge is 2.19. The van der Waals surface area contributed by atoms with Crippen LogP contribution >= 0.6 is 0 Å². The highest BCUT2D eigenvalue weighted by atomic mass is 16.5. The molecule has 1 heterocycles. The standard InChI is InChI=1S/C21H28N2O4/c1-25-19-5-3-17(4-6-19)23-13-11-22(12-14-23)15-18(24)16-27-21-9-7-20(26-2)8-10-21/h3-10,18,24H,11-16H2,1-2H3/t18-/m1/s1. The molecular formula is C21H28N2O4. The summed E-state index contributed by atoms with van der Waals surface area (Å²) in [5, 5.41) is 10.3. The summed E-state index contributed by atoms with van der Waals surface area (Å²) in [6.07, 6.45) is -0.514. The van der Waals surface area contributed by atoms with E-state index in [-0.39, 0.29) is 6.61 Å². The molecule has 27 heavy (non-hydrogen) atoms. The van der Waals surface area contributed by atoms with Gasteiger partial charge in [-0.15, -0.1) is 0 Å². The minimum Gasteiger partial charge on any atom is -0.497 e. The summed E-state index contributed by atoms with van der Waals surface area (Å²) in [6, 6.07) is 15.5. The molecule has 0 aromatic heterocycles. The Bertz CT molecular complexity index is 682. The highest BCUT2D eigenvalue weighted by Crippen LogP contribution is 2.21. The number of anilines is 1. The number of methoxy groups -OCH3 is 2. The number of hydrogen-bond donors (Lipinski definition) is 1. The van der Waals surface area contributed by atoms with Crippen LogP contribution in [0.2, 0.25) is 0 Å². The van der Waals surface area contributed by atoms with Crippen LogP contribution in [0.25, 0.3) is 0 Å². The summed E-state index contributed by atoms with van der Waals surface area (Å²) >= 11 is 0. The Morgan fingerprint density at radius 3 is 1.89 bits per heavy atom. The molecule has 1 N–H and O–H groups in total. The van der Waals surface area contributed by atoms with Gasteiger partial charge in [-0.05, 0) is 48.5 Å². The third kappa shape index (κ3) is 5.52. The Morgan fingerprint density at radius 2 is 1.33 bits per heavy atom. The molecule has 0 amide bonds. The zero-order valence-corrected chi connectivity index (χ0v) is 16.0. The highest BCUT2D eigenvalue weighted by molar-refractivity contribution is 5.49. The molecule has 0 radical (unpaired) electrons. The molecule has 3 rings (SSSR count). The molecule has 6 heteroatoms. The summed E-state index contributed by atoms with van der Waals surface area (Å²) in [7, 11) is 3.31. The molecule has 1 aliphatic rings. The van der Waals surface area contributed by atoms with Crippen LogP contribution in [0.3, 0.4) is 0 Å². The van der Waals surface area contributed by atoms with Crippen LogP contribution in [0, 0.1) is 0 Å². The Morgan fingerprint density at radius 1 is 0.815 bits per heavy atom. The van der Waals surface area contributed by atoms with Gasteiger partial charge in [-0.25, -0.2) is 0 Å². The topological polar surface area (TPSA) is 54.4 Å². The summed E-state index contributed by atoms with van der Waals surface area (Å²) in [5.41, 5.74) is 1.21. The average molecular weight is 372 g/mol. The number of nitrogens with zero attached hydrogens (tertiary/aromatic N) is 2. The summed E-state index contributed by atoms with van der Waals surface area (Å²) in [4.78, 5) is 4.64. The molecular weight excluding hydrogens is 344 g/mol. The van der Waals surface area contributed by atoms with Gasteiger partial charge in [0.25, 0.3) is 0 Å². The molecule has 0 aliphatic carbocycles. The van der Waals surface area contributed by atoms with Gasteiger partial charge in [0.05, 0.1) is 14.2 Å². The first kappa shape index (κ1) is 19.3. The van der Waals surface area contributed by atoms with Crippen molar-refractivity contribution in [1.82, 2.24) is 4.90 Å². The van der Waals surface area contributed by atoms with Gasteiger partial charge < -0.3 is 24.2 Å². The predicted molar refractivity (Wildman–Crippen MR) is 106 cm³/mol. The second kappa shape index (κ2) is 9.48. The van der Waals surface area contributed by atoms with Crippen molar-refractivity contribution >= 4 is 5.69 Å². The number of β-amino-alcohol motifs (C(OH)–C–C–N with tert-alkyl or cyclic N) is 1. The zero-order valence-electron chi connectivity index (χ0n) is 16.0. The Balaban J connectivity index is 1.40. The third-order valence-corrected chi connectivity index (χ3v) is 4.78. The van der Waals surface area contributed by atoms with Crippen molar-refractivity contribution in [3.63, 3.8) is 0 Å². The molecule has 0 saturated carbocycles. The zero-order chi connectivity index (χ0) is 19.1. The average Bonchev–Trinajstić information content (AvgIpc) is 2.73. The summed E-state index contributed by atoms with van der Waals surface area (Å²) < 4.78 is 16.0. The smallest absolute Gasteiger partial charge is 0.119 e. The Hall–Kier alpha value is -2.44. The van der Waals surface area contributed by atoms with E-state index in [2.05, 4.69) is 21.9 Å². The molecule has 146 valence electrons. The van der Waals surface area contributed by atoms with Gasteiger partial charge in [0.2, 0.25) is 0 Å². The molecule has 1 saturated heterocycles. The van der Waals surface area contributed by atoms with E-state index in [1.807, 2.05) is 36.4 Å². The first-order valence-electron chi connectivity index (χ1n) is 9.24. The number of benzene rings is 2. The lowest BCUT2D eigenvalue weighted by atomic mass is 10.2. The van der Waals surface area contributed by atoms with Crippen LogP contribution < -0.4 is 19.1 Å². The number of piperazine rings is 1. The van der Waals surface area contributed by atoms with E-state index in [0.717, 1.165) is 43.4 Å². The normalized spacial score (nSPS) is 16.0. The van der Waals surface area contributed by atoms with E-state index in [4.69, 9.17) is 14.2 Å². The number of aliphatic hydroxyl groups excluding tert-OH is 1. The molecule has 2 aromatic carbocycles. The van der Waals surface area contributed by atoms with Crippen LogP contribution in [0.15, 0.2) is 48.5 Å². The number of ether oxygens (including phenoxy) is 3. The first-order chi connectivity index (χ1) is 13.2. The summed E-state index contributed by atoms with van der Waals surface area (Å²) in [6.45, 7) is 4.63. The van der Waals surface area contributed by atoms with Crippen molar-refractivity contribution in [2.75, 3.05) is 58.5 Å². The van der Waals surface area contributed by atoms with E-state index < -0.39 is 6.10 Å². The molecule has 1 fully saturated rings. The van der Waals surface area contributed by atoms with E-state index in [9.17, 15) is 5.11 Å². The van der Waals surface area contributed by atoms with Gasteiger partial charge in [0.15, 0.2) is 0 Å². The molecule has 1 atom stereocenters. The van der Waals surface area contributed by atoms with Crippen LogP contribution in [-0.4, -0.2) is 69.7 Å². The second-order valence-corrected chi connectivity index (χ2v) is 6.63. The van der Waals surface area contributed by atoms with Crippen LogP contribution in [-0.2, 0) is 0 Å². The van der Waals surface area contributed by atoms with Crippen molar-refractivity contribution < 1.29 is 19.3 Å². The van der Waals surface area contributed by atoms with Gasteiger partial charge in [0, 0.05) is 38.4 Å². The molecule has 0 bridgehead atoms. The molecule has 6 nitrogen and oxygen atoms in total. The maximum Gasteiger partial charge on any atom is 0.119 e. The van der Waals surface area contributed by atoms with Crippen molar-refractivity contribution in [1.29, 1.82) is 0 Å². The van der Waals surface area contributed by atoms with Crippen molar-refractivity contribution in [2.45, 2.75) is 6.10 Å². The van der Waals surface area contributed by atoms with E-state index >= 15 is 0 Å². The fourth-order valence-electron chi connectivity index (χ4n) is 3.20. The Kier molecular flexibility index (Phi) is 6.79. The van der Waals surface area contributed by atoms with Crippen molar-refractivity contribution in [3.05, 3.63) is 48.5 Å². The van der Waals surface area contributed by atoms with Crippen LogP contribution in [0.4, 0.5) is 5.69 Å². The van der Waals surface area contributed by atoms with E-state index in [0.29, 0.717) is 6.54 Å². The lowest BCUT2D eigenvalue weighted by Gasteiger charge is -2.36. The van der Waals surface area contributed by atoms with E-state index in [1.54, 1.807) is 14.2 Å². The summed E-state index contributed by atoms with van der Waals surface area (Å²) in [5.74, 6) is 2.40. The lowest BCUT2D eigenvalue weighted by Crippen LogP contribution is -2.49. The van der Waals surface area contributed by atoms with Gasteiger partial charge in [-0.1, -0.05) is 0 Å². The van der Waals surface area contributed by atoms with Crippen LogP contribution in [0.5, 0.6) is 17.2 Å². The van der Waals surface area contributed by atoms with Gasteiger partial charge in [0.1, 0.15) is 30.0 Å². The quantitative estimate of drug-likeness (QED) is 0.767. The van der Waals surface area contributed by atoms with Crippen LogP contribution in [0.1, 0.15) is 0 Å². The monoisotopic (exact) mass is 372 g/mol. The predicted octanol–water partition coefficient (Wildman–Crippen LogP) is 2.27. The third-order valence-electron chi connectivity index (χ3n) is 4.78. The van der Waals surface area contributed by atoms with E-state index in [1.165, 1.54) is 5.69 Å². The molecule has 0 unspecified atom stereocenters. The molecule has 0 spiro atoms. The molecule has 1 aliphatic heterocycles. The van der Waals surface area contributed by atoms with Crippen molar-refractivity contribution in [2.24, 2.45) is 0 Å². The lowest BCUT2D eigenvalue weighted by molar-refractivity contribution is 0.0663. The van der Waals surface area contributed by atoms with Gasteiger partial charge >= 0.3 is 0 Å². The number of hydrogen-bond acceptors (Lipinski definition) is 6. The SMILES string of the molecule is COc1ccc(OC[C@H](O)CN2CCN(c3ccc(OC)cc3)CC2)cc1. The fourth-order valence-corrected chi connectivity index (χ4v) is 3.20. The number of aliphatic hydroxyl groups is 1. The second-order valence-electron chi connectivity index (χ2n) is 6.63. The first-order valence-corrected chi connectivity index (χ1v) is 9.24. The fraction of sp³-hybridized carbons (Fsp3) is 0.429.